The number of carbonyl (C=O) groups excluding carboxylic acids is 3. The van der Waals surface area contributed by atoms with Crippen molar-refractivity contribution < 1.29 is 14.4 Å². The first-order chi connectivity index (χ1) is 8.32. The molecule has 1 aliphatic rings. The lowest BCUT2D eigenvalue weighted by atomic mass is 9.59. The van der Waals surface area contributed by atoms with Crippen LogP contribution in [0.3, 0.4) is 0 Å². The van der Waals surface area contributed by atoms with Crippen LogP contribution in [0.25, 0.3) is 0 Å². The second kappa shape index (κ2) is 5.98. The van der Waals surface area contributed by atoms with Crippen molar-refractivity contribution in [1.82, 2.24) is 4.90 Å². The Bertz CT molecular complexity index is 372. The van der Waals surface area contributed by atoms with Crippen LogP contribution in [0, 0.1) is 5.92 Å². The third-order valence-corrected chi connectivity index (χ3v) is 3.14. The molecule has 0 aromatic carbocycles. The van der Waals surface area contributed by atoms with Gasteiger partial charge in [-0.3, -0.25) is 14.5 Å². The van der Waals surface area contributed by atoms with Gasteiger partial charge in [0.25, 0.3) is 11.8 Å². The molecule has 0 aliphatic carbocycles. The predicted octanol–water partition coefficient (Wildman–Crippen LogP) is 1.12. The Hall–Kier alpha value is -1.39. The average molecular weight is 249 g/mol. The molecule has 5 heteroatoms. The maximum absolute atomic E-state index is 11.9. The van der Waals surface area contributed by atoms with E-state index in [1.807, 2.05) is 27.7 Å². The van der Waals surface area contributed by atoms with Crippen molar-refractivity contribution in [3.05, 3.63) is 12.2 Å². The lowest BCUT2D eigenvalue weighted by Crippen LogP contribution is -2.40. The molecule has 0 fully saturated rings. The number of hydrogen-bond acceptors (Lipinski definition) is 3. The van der Waals surface area contributed by atoms with Crippen LogP contribution in [0.15, 0.2) is 12.2 Å². The Balaban J connectivity index is 2.54. The van der Waals surface area contributed by atoms with E-state index >= 15 is 0 Å². The molecule has 4 nitrogen and oxygen atoms in total. The van der Waals surface area contributed by atoms with E-state index in [0.717, 1.165) is 0 Å². The highest BCUT2D eigenvalue weighted by Crippen LogP contribution is 2.17. The minimum absolute atomic E-state index is 0.122. The number of nitrogens with zero attached hydrogens (tertiary/aromatic N) is 1. The Morgan fingerprint density at radius 1 is 1.17 bits per heavy atom. The minimum atomic E-state index is -0.281. The maximum Gasteiger partial charge on any atom is 0.253 e. The van der Waals surface area contributed by atoms with Crippen LogP contribution in [0.4, 0.5) is 0 Å². The standard InChI is InChI=1S/C13H20BNO3/c1-8(2)14-13(18)9(3)7-10(4)15-11(16)5-6-12(15)17/h5-6,8-10,14H,7H2,1-4H3. The summed E-state index contributed by atoms with van der Waals surface area (Å²) < 4.78 is 0. The molecule has 0 aromatic heterocycles. The van der Waals surface area contributed by atoms with E-state index in [9.17, 15) is 14.4 Å². The molecule has 2 atom stereocenters. The lowest BCUT2D eigenvalue weighted by molar-refractivity contribution is -0.139. The Labute approximate surface area is 109 Å². The zero-order chi connectivity index (χ0) is 13.9. The summed E-state index contributed by atoms with van der Waals surface area (Å²) >= 11 is 0. The van der Waals surface area contributed by atoms with Crippen molar-refractivity contribution >= 4 is 24.8 Å². The zero-order valence-electron chi connectivity index (χ0n) is 11.5. The highest BCUT2D eigenvalue weighted by molar-refractivity contribution is 6.75. The van der Waals surface area contributed by atoms with Crippen LogP contribution < -0.4 is 0 Å². The normalized spacial score (nSPS) is 18.4. The second-order valence-corrected chi connectivity index (χ2v) is 5.43. The molecular weight excluding hydrogens is 229 g/mol. The summed E-state index contributed by atoms with van der Waals surface area (Å²) in [5.41, 5.74) is 0.198. The molecule has 0 bridgehead atoms. The Morgan fingerprint density at radius 3 is 2.11 bits per heavy atom. The van der Waals surface area contributed by atoms with Gasteiger partial charge < -0.3 is 4.79 Å². The van der Waals surface area contributed by atoms with Crippen LogP contribution in [0.2, 0.25) is 5.82 Å². The first-order valence-electron chi connectivity index (χ1n) is 6.40. The molecule has 0 saturated carbocycles. The smallest absolute Gasteiger partial charge is 0.253 e. The molecule has 1 heterocycles. The largest absolute Gasteiger partial charge is 0.311 e. The van der Waals surface area contributed by atoms with Crippen LogP contribution >= 0.6 is 0 Å². The zero-order valence-corrected chi connectivity index (χ0v) is 11.5. The lowest BCUT2D eigenvalue weighted by Gasteiger charge is -2.25. The number of rotatable bonds is 6. The molecule has 98 valence electrons. The van der Waals surface area contributed by atoms with Crippen molar-refractivity contribution in [2.75, 3.05) is 0 Å². The first-order valence-corrected chi connectivity index (χ1v) is 6.40. The maximum atomic E-state index is 11.9. The molecule has 0 spiro atoms. The molecule has 0 saturated heterocycles. The topological polar surface area (TPSA) is 54.5 Å². The van der Waals surface area contributed by atoms with Gasteiger partial charge in [0.15, 0.2) is 0 Å². The van der Waals surface area contributed by atoms with E-state index < -0.39 is 0 Å². The fraction of sp³-hybridized carbons (Fsp3) is 0.615. The molecule has 1 rings (SSSR count). The van der Waals surface area contributed by atoms with E-state index in [1.165, 1.54) is 17.1 Å². The molecule has 1 aliphatic heterocycles. The van der Waals surface area contributed by atoms with Gasteiger partial charge in [0.1, 0.15) is 0 Å². The van der Waals surface area contributed by atoms with E-state index in [4.69, 9.17) is 0 Å². The van der Waals surface area contributed by atoms with Crippen molar-refractivity contribution in [3.63, 3.8) is 0 Å². The summed E-state index contributed by atoms with van der Waals surface area (Å²) in [5, 5.41) is 0. The summed E-state index contributed by atoms with van der Waals surface area (Å²) in [6, 6.07) is -0.230. The monoisotopic (exact) mass is 249 g/mol. The quantitative estimate of drug-likeness (QED) is 0.523. The van der Waals surface area contributed by atoms with Gasteiger partial charge in [-0.25, -0.2) is 0 Å². The Kier molecular flexibility index (Phi) is 4.88. The predicted molar refractivity (Wildman–Crippen MR) is 71.5 cm³/mol. The van der Waals surface area contributed by atoms with Gasteiger partial charge in [-0.1, -0.05) is 26.6 Å². The summed E-state index contributed by atoms with van der Waals surface area (Å²) in [6.45, 7) is 7.68. The van der Waals surface area contributed by atoms with Crippen LogP contribution in [-0.2, 0) is 14.4 Å². The second-order valence-electron chi connectivity index (χ2n) is 5.43. The molecule has 2 amide bonds. The summed E-state index contributed by atoms with van der Waals surface area (Å²) in [6.07, 6.45) is 3.09. The van der Waals surface area contributed by atoms with Crippen LogP contribution in [0.1, 0.15) is 34.1 Å². The molecule has 0 N–H and O–H groups in total. The summed E-state index contributed by atoms with van der Waals surface area (Å²) in [7, 11) is 0.550. The van der Waals surface area contributed by atoms with E-state index in [0.29, 0.717) is 19.5 Å². The van der Waals surface area contributed by atoms with Crippen molar-refractivity contribution in [2.24, 2.45) is 5.92 Å². The highest BCUT2D eigenvalue weighted by atomic mass is 16.2. The van der Waals surface area contributed by atoms with E-state index in [2.05, 4.69) is 0 Å². The molecule has 0 aromatic rings. The van der Waals surface area contributed by atoms with Gasteiger partial charge in [0, 0.05) is 24.1 Å². The van der Waals surface area contributed by atoms with Crippen molar-refractivity contribution in [2.45, 2.75) is 46.0 Å². The van der Waals surface area contributed by atoms with Gasteiger partial charge in [-0.2, -0.15) is 0 Å². The number of hydrogen-bond donors (Lipinski definition) is 0. The fourth-order valence-corrected chi connectivity index (χ4v) is 2.20. The van der Waals surface area contributed by atoms with Gasteiger partial charge >= 0.3 is 0 Å². The minimum Gasteiger partial charge on any atom is -0.311 e. The SMILES string of the molecule is CC(C)BC(=O)C(C)CC(C)N1C(=O)C=CC1=O. The van der Waals surface area contributed by atoms with E-state index in [1.54, 1.807) is 0 Å². The number of amides is 2. The number of carbonyl (C=O) groups is 3. The molecule has 18 heavy (non-hydrogen) atoms. The van der Waals surface area contributed by atoms with Crippen molar-refractivity contribution in [3.8, 4) is 0 Å². The van der Waals surface area contributed by atoms with Gasteiger partial charge in [0.05, 0.1) is 5.68 Å². The fourth-order valence-electron chi connectivity index (χ4n) is 2.20. The summed E-state index contributed by atoms with van der Waals surface area (Å²) in [5.74, 6) is -0.345. The van der Waals surface area contributed by atoms with E-state index in [-0.39, 0.29) is 29.5 Å². The average Bonchev–Trinajstić information content (AvgIpc) is 2.57. The van der Waals surface area contributed by atoms with Gasteiger partial charge in [-0.15, -0.1) is 0 Å². The molecule has 0 radical (unpaired) electrons. The van der Waals surface area contributed by atoms with Gasteiger partial charge in [-0.05, 0) is 13.3 Å². The summed E-state index contributed by atoms with van der Waals surface area (Å²) in [4.78, 5) is 36.1. The molecule has 2 unspecified atom stereocenters. The number of imide groups is 1. The van der Waals surface area contributed by atoms with Gasteiger partial charge in [0.2, 0.25) is 7.28 Å². The third-order valence-electron chi connectivity index (χ3n) is 3.14. The Morgan fingerprint density at radius 2 is 1.67 bits per heavy atom. The van der Waals surface area contributed by atoms with Crippen LogP contribution in [0.5, 0.6) is 0 Å². The highest BCUT2D eigenvalue weighted by Gasteiger charge is 2.30. The first kappa shape index (κ1) is 14.7. The van der Waals surface area contributed by atoms with Crippen molar-refractivity contribution in [1.29, 1.82) is 0 Å². The van der Waals surface area contributed by atoms with Crippen LogP contribution in [-0.4, -0.2) is 35.7 Å². The molecular formula is C13H20BNO3. The third kappa shape index (κ3) is 3.55.